The number of aromatic nitrogens is 2. The second-order valence-electron chi connectivity index (χ2n) is 7.51. The summed E-state index contributed by atoms with van der Waals surface area (Å²) in [6.07, 6.45) is 3.94. The van der Waals surface area contributed by atoms with E-state index in [9.17, 15) is 14.4 Å². The standard InChI is InChI=1S/C23H21BrN4O4S/c24-14-9-10-15-18(12-14)28(11-5-1-2-8-20(29)27-32)13-16(21(15)30)22(31)26-23-25-17-6-3-4-7-19(17)33-23/h3-4,6-7,9-10,12-13,32H,1-2,5,8,11H2,(H,27,29)(H,25,26,31). The highest BCUT2D eigenvalue weighted by atomic mass is 79.9. The van der Waals surface area contributed by atoms with Crippen LogP contribution in [0.4, 0.5) is 5.13 Å². The third-order valence-corrected chi connectivity index (χ3v) is 6.68. The summed E-state index contributed by atoms with van der Waals surface area (Å²) in [5.41, 5.74) is 2.84. The molecular weight excluding hydrogens is 508 g/mol. The number of carbonyl (C=O) groups excluding carboxylic acids is 2. The van der Waals surface area contributed by atoms with Crippen LogP contribution < -0.4 is 16.2 Å². The molecule has 3 N–H and O–H groups in total. The largest absolute Gasteiger partial charge is 0.346 e. The van der Waals surface area contributed by atoms with Crippen molar-refractivity contribution in [3.05, 3.63) is 68.9 Å². The Morgan fingerprint density at radius 2 is 1.94 bits per heavy atom. The van der Waals surface area contributed by atoms with Crippen molar-refractivity contribution in [2.24, 2.45) is 0 Å². The van der Waals surface area contributed by atoms with Crippen LogP contribution in [0.25, 0.3) is 21.1 Å². The van der Waals surface area contributed by atoms with E-state index in [1.165, 1.54) is 11.3 Å². The lowest BCUT2D eigenvalue weighted by molar-refractivity contribution is -0.129. The molecule has 2 aromatic heterocycles. The van der Waals surface area contributed by atoms with Crippen LogP contribution in [0.2, 0.25) is 0 Å². The molecule has 2 aromatic carbocycles. The molecule has 4 rings (SSSR count). The van der Waals surface area contributed by atoms with Gasteiger partial charge in [-0.25, -0.2) is 10.5 Å². The Morgan fingerprint density at radius 3 is 2.73 bits per heavy atom. The Hall–Kier alpha value is -3.08. The van der Waals surface area contributed by atoms with Gasteiger partial charge in [-0.3, -0.25) is 24.9 Å². The zero-order valence-electron chi connectivity index (χ0n) is 17.5. The molecule has 0 fully saturated rings. The third-order valence-electron chi connectivity index (χ3n) is 5.23. The number of rotatable bonds is 8. The van der Waals surface area contributed by atoms with Crippen LogP contribution in [0.1, 0.15) is 36.0 Å². The van der Waals surface area contributed by atoms with E-state index in [1.54, 1.807) is 23.8 Å². The summed E-state index contributed by atoms with van der Waals surface area (Å²) >= 11 is 4.80. The summed E-state index contributed by atoms with van der Waals surface area (Å²) in [4.78, 5) is 41.7. The van der Waals surface area contributed by atoms with Gasteiger partial charge in [0.05, 0.1) is 15.7 Å². The highest BCUT2D eigenvalue weighted by molar-refractivity contribution is 9.10. The summed E-state index contributed by atoms with van der Waals surface area (Å²) in [7, 11) is 0. The number of nitrogens with one attached hydrogen (secondary N) is 2. The summed E-state index contributed by atoms with van der Waals surface area (Å²) < 4.78 is 3.67. The molecule has 170 valence electrons. The first-order valence-corrected chi connectivity index (χ1v) is 12.0. The van der Waals surface area contributed by atoms with Crippen molar-refractivity contribution in [2.45, 2.75) is 32.2 Å². The molecule has 33 heavy (non-hydrogen) atoms. The predicted molar refractivity (Wildman–Crippen MR) is 132 cm³/mol. The first kappa shape index (κ1) is 23.1. The van der Waals surface area contributed by atoms with E-state index in [4.69, 9.17) is 5.21 Å². The minimum Gasteiger partial charge on any atom is -0.346 e. The number of anilines is 1. The molecule has 0 unspecified atom stereocenters. The summed E-state index contributed by atoms with van der Waals surface area (Å²) in [5, 5.41) is 12.2. The van der Waals surface area contributed by atoms with E-state index in [0.29, 0.717) is 23.5 Å². The molecule has 10 heteroatoms. The number of hydrogen-bond acceptors (Lipinski definition) is 6. The Kier molecular flexibility index (Phi) is 7.17. The molecule has 0 bridgehead atoms. The second kappa shape index (κ2) is 10.2. The maximum absolute atomic E-state index is 13.1. The van der Waals surface area contributed by atoms with Crippen LogP contribution in [0.15, 0.2) is 57.9 Å². The van der Waals surface area contributed by atoms with Gasteiger partial charge in [-0.05, 0) is 43.2 Å². The van der Waals surface area contributed by atoms with Gasteiger partial charge in [-0.1, -0.05) is 45.8 Å². The number of amides is 2. The number of unbranched alkanes of at least 4 members (excludes halogenated alkanes) is 2. The van der Waals surface area contributed by atoms with Gasteiger partial charge in [0.1, 0.15) is 5.56 Å². The number of fused-ring (bicyclic) bond motifs is 2. The van der Waals surface area contributed by atoms with Gasteiger partial charge in [-0.2, -0.15) is 0 Å². The van der Waals surface area contributed by atoms with Crippen LogP contribution in [0.5, 0.6) is 0 Å². The minimum absolute atomic E-state index is 0.0451. The molecule has 0 spiro atoms. The molecule has 2 amide bonds. The fraction of sp³-hybridized carbons (Fsp3) is 0.217. The van der Waals surface area contributed by atoms with E-state index in [-0.39, 0.29) is 17.4 Å². The Morgan fingerprint density at radius 1 is 1.12 bits per heavy atom. The van der Waals surface area contributed by atoms with E-state index < -0.39 is 11.8 Å². The quantitative estimate of drug-likeness (QED) is 0.174. The van der Waals surface area contributed by atoms with Crippen molar-refractivity contribution in [3.8, 4) is 0 Å². The number of hydrogen-bond donors (Lipinski definition) is 3. The molecule has 0 aliphatic rings. The molecular formula is C23H21BrN4O4S. The van der Waals surface area contributed by atoms with Crippen molar-refractivity contribution < 1.29 is 14.8 Å². The predicted octanol–water partition coefficient (Wildman–Crippen LogP) is 4.69. The van der Waals surface area contributed by atoms with Gasteiger partial charge in [-0.15, -0.1) is 0 Å². The van der Waals surface area contributed by atoms with Gasteiger partial charge < -0.3 is 4.57 Å². The second-order valence-corrected chi connectivity index (χ2v) is 9.46. The number of pyridine rings is 1. The molecule has 4 aromatic rings. The lowest BCUT2D eigenvalue weighted by Gasteiger charge is -2.14. The van der Waals surface area contributed by atoms with E-state index >= 15 is 0 Å². The van der Waals surface area contributed by atoms with Crippen molar-refractivity contribution in [1.82, 2.24) is 15.0 Å². The van der Waals surface area contributed by atoms with Gasteiger partial charge in [0.2, 0.25) is 11.3 Å². The summed E-state index contributed by atoms with van der Waals surface area (Å²) in [6.45, 7) is 0.565. The Labute approximate surface area is 201 Å². The van der Waals surface area contributed by atoms with Crippen molar-refractivity contribution in [2.75, 3.05) is 5.32 Å². The first-order chi connectivity index (χ1) is 16.0. The minimum atomic E-state index is -0.503. The lowest BCUT2D eigenvalue weighted by Crippen LogP contribution is -2.24. The monoisotopic (exact) mass is 528 g/mol. The molecule has 0 saturated carbocycles. The van der Waals surface area contributed by atoms with Crippen LogP contribution in [0.3, 0.4) is 0 Å². The highest BCUT2D eigenvalue weighted by Crippen LogP contribution is 2.26. The molecule has 0 atom stereocenters. The zero-order valence-corrected chi connectivity index (χ0v) is 19.9. The van der Waals surface area contributed by atoms with Crippen LogP contribution in [-0.4, -0.2) is 26.6 Å². The first-order valence-electron chi connectivity index (χ1n) is 10.4. The average Bonchev–Trinajstić information content (AvgIpc) is 3.22. The van der Waals surface area contributed by atoms with E-state index in [2.05, 4.69) is 26.2 Å². The molecule has 0 saturated heterocycles. The van der Waals surface area contributed by atoms with Crippen LogP contribution in [0, 0.1) is 0 Å². The maximum Gasteiger partial charge on any atom is 0.262 e. The molecule has 0 radical (unpaired) electrons. The molecule has 0 aliphatic carbocycles. The van der Waals surface area contributed by atoms with Gasteiger partial charge >= 0.3 is 0 Å². The Bertz CT molecular complexity index is 1370. The third kappa shape index (κ3) is 5.29. The zero-order chi connectivity index (χ0) is 23.4. The normalized spacial score (nSPS) is 11.1. The number of carbonyl (C=O) groups is 2. The van der Waals surface area contributed by atoms with Gasteiger partial charge in [0.15, 0.2) is 5.13 Å². The molecule has 0 aliphatic heterocycles. The summed E-state index contributed by atoms with van der Waals surface area (Å²) in [5.74, 6) is -0.918. The van der Waals surface area contributed by atoms with Crippen molar-refractivity contribution in [1.29, 1.82) is 0 Å². The number of halogens is 1. The van der Waals surface area contributed by atoms with Crippen LogP contribution >= 0.6 is 27.3 Å². The fourth-order valence-corrected chi connectivity index (χ4v) is 4.81. The molecule has 8 nitrogen and oxygen atoms in total. The van der Waals surface area contributed by atoms with E-state index in [0.717, 1.165) is 33.0 Å². The molecule has 2 heterocycles. The smallest absolute Gasteiger partial charge is 0.262 e. The number of thiazole rings is 1. The lowest BCUT2D eigenvalue weighted by atomic mass is 10.1. The number of benzene rings is 2. The Balaban J connectivity index is 1.59. The van der Waals surface area contributed by atoms with Crippen molar-refractivity contribution >= 4 is 65.3 Å². The van der Waals surface area contributed by atoms with E-state index in [1.807, 2.05) is 34.9 Å². The highest BCUT2D eigenvalue weighted by Gasteiger charge is 2.17. The number of aryl methyl sites for hydroxylation is 1. The number of nitrogens with zero attached hydrogens (tertiary/aromatic N) is 2. The van der Waals surface area contributed by atoms with Gasteiger partial charge in [0.25, 0.3) is 5.91 Å². The summed E-state index contributed by atoms with van der Waals surface area (Å²) in [6, 6.07) is 12.9. The topological polar surface area (TPSA) is 113 Å². The van der Waals surface area contributed by atoms with Crippen LogP contribution in [-0.2, 0) is 11.3 Å². The average molecular weight is 529 g/mol. The number of para-hydroxylation sites is 1. The number of hydroxylamine groups is 1. The maximum atomic E-state index is 13.1. The van der Waals surface area contributed by atoms with Crippen molar-refractivity contribution in [3.63, 3.8) is 0 Å². The van der Waals surface area contributed by atoms with Gasteiger partial charge in [0, 0.05) is 29.0 Å². The SMILES string of the molecule is O=C(CCCCCn1cc(C(=O)Nc2nc3ccccc3s2)c(=O)c2ccc(Br)cc21)NO. The fourth-order valence-electron chi connectivity index (χ4n) is 3.60.